The number of ketones is 1. The second-order valence-electron chi connectivity index (χ2n) is 6.86. The van der Waals surface area contributed by atoms with Gasteiger partial charge in [0.2, 0.25) is 5.88 Å². The Balaban J connectivity index is 2.15. The number of Topliss-reactive ketones (excluding diaryl/α,β-unsaturated/α-hetero) is 1. The standard InChI is InChI=1S/C18H20N2O2S/c1-4-10-5-6-14(23-10)15-11(9-19)17(20)22-13-8-18(2,3)7-12(21)16(13)15/h5-6,15H,4,7-8,20H2,1-3H3. The molecule has 1 unspecified atom stereocenters. The van der Waals surface area contributed by atoms with E-state index in [1.807, 2.05) is 19.9 Å². The fraction of sp³-hybridized carbons (Fsp3) is 0.444. The van der Waals surface area contributed by atoms with Crippen molar-refractivity contribution >= 4 is 17.1 Å². The highest BCUT2D eigenvalue weighted by atomic mass is 32.1. The molecule has 0 fully saturated rings. The second-order valence-corrected chi connectivity index (χ2v) is 8.06. The first-order chi connectivity index (χ1) is 10.9. The number of thiophene rings is 1. The summed E-state index contributed by atoms with van der Waals surface area (Å²) in [6.07, 6.45) is 2.06. The lowest BCUT2D eigenvalue weighted by molar-refractivity contribution is -0.119. The maximum absolute atomic E-state index is 12.8. The van der Waals surface area contributed by atoms with Crippen LogP contribution >= 0.6 is 11.3 Å². The van der Waals surface area contributed by atoms with Crippen molar-refractivity contribution in [2.24, 2.45) is 11.1 Å². The second kappa shape index (κ2) is 5.54. The van der Waals surface area contributed by atoms with Gasteiger partial charge in [0.15, 0.2) is 5.78 Å². The molecule has 0 amide bonds. The first-order valence-corrected chi connectivity index (χ1v) is 8.60. The normalized spacial score (nSPS) is 23.4. The molecule has 2 aliphatic rings. The van der Waals surface area contributed by atoms with Crippen molar-refractivity contribution in [2.75, 3.05) is 0 Å². The smallest absolute Gasteiger partial charge is 0.205 e. The summed E-state index contributed by atoms with van der Waals surface area (Å²) in [5, 5.41) is 9.54. The van der Waals surface area contributed by atoms with Crippen LogP contribution in [0.3, 0.4) is 0 Å². The van der Waals surface area contributed by atoms with Crippen molar-refractivity contribution in [2.45, 2.75) is 46.0 Å². The Morgan fingerprint density at radius 1 is 1.43 bits per heavy atom. The van der Waals surface area contributed by atoms with E-state index in [1.165, 1.54) is 4.88 Å². The molecule has 2 heterocycles. The van der Waals surface area contributed by atoms with Gasteiger partial charge in [-0.15, -0.1) is 11.3 Å². The summed E-state index contributed by atoms with van der Waals surface area (Å²) < 4.78 is 5.68. The van der Waals surface area contributed by atoms with Crippen LogP contribution in [0.2, 0.25) is 0 Å². The number of hydrogen-bond acceptors (Lipinski definition) is 5. The molecule has 2 N–H and O–H groups in total. The van der Waals surface area contributed by atoms with Gasteiger partial charge in [-0.3, -0.25) is 4.79 Å². The number of allylic oxidation sites excluding steroid dienone is 3. The average Bonchev–Trinajstić information content (AvgIpc) is 2.93. The lowest BCUT2D eigenvalue weighted by Crippen LogP contribution is -2.33. The minimum atomic E-state index is -0.377. The summed E-state index contributed by atoms with van der Waals surface area (Å²) >= 11 is 1.64. The van der Waals surface area contributed by atoms with Crippen molar-refractivity contribution in [1.29, 1.82) is 5.26 Å². The predicted molar refractivity (Wildman–Crippen MR) is 89.4 cm³/mol. The molecule has 0 spiro atoms. The zero-order chi connectivity index (χ0) is 16.8. The van der Waals surface area contributed by atoms with Gasteiger partial charge < -0.3 is 10.5 Å². The molecule has 0 saturated carbocycles. The molecule has 1 aromatic rings. The van der Waals surface area contributed by atoms with Crippen LogP contribution in [-0.2, 0) is 16.0 Å². The lowest BCUT2D eigenvalue weighted by Gasteiger charge is -2.36. The van der Waals surface area contributed by atoms with E-state index < -0.39 is 0 Å². The van der Waals surface area contributed by atoms with E-state index in [0.717, 1.165) is 11.3 Å². The van der Waals surface area contributed by atoms with Gasteiger partial charge in [0.05, 0.1) is 5.92 Å². The average molecular weight is 328 g/mol. The van der Waals surface area contributed by atoms with Crippen LogP contribution in [-0.4, -0.2) is 5.78 Å². The number of nitriles is 1. The zero-order valence-corrected chi connectivity index (χ0v) is 14.4. The topological polar surface area (TPSA) is 76.1 Å². The molecular weight excluding hydrogens is 308 g/mol. The van der Waals surface area contributed by atoms with E-state index in [1.54, 1.807) is 11.3 Å². The van der Waals surface area contributed by atoms with Gasteiger partial charge in [0.1, 0.15) is 17.4 Å². The van der Waals surface area contributed by atoms with E-state index in [-0.39, 0.29) is 23.0 Å². The predicted octanol–water partition coefficient (Wildman–Crippen LogP) is 3.76. The molecule has 0 radical (unpaired) electrons. The summed E-state index contributed by atoms with van der Waals surface area (Å²) in [4.78, 5) is 15.0. The molecule has 4 nitrogen and oxygen atoms in total. The largest absolute Gasteiger partial charge is 0.444 e. The molecule has 1 aliphatic heterocycles. The van der Waals surface area contributed by atoms with Gasteiger partial charge in [-0.25, -0.2) is 0 Å². The number of carbonyl (C=O) groups excluding carboxylic acids is 1. The summed E-state index contributed by atoms with van der Waals surface area (Å²) in [6, 6.07) is 6.21. The monoisotopic (exact) mass is 328 g/mol. The van der Waals surface area contributed by atoms with Crippen LogP contribution in [0.4, 0.5) is 0 Å². The van der Waals surface area contributed by atoms with Crippen molar-refractivity contribution < 1.29 is 9.53 Å². The Hall–Kier alpha value is -2.06. The highest BCUT2D eigenvalue weighted by Gasteiger charge is 2.43. The molecule has 1 aliphatic carbocycles. The van der Waals surface area contributed by atoms with Gasteiger partial charge >= 0.3 is 0 Å². The first-order valence-electron chi connectivity index (χ1n) is 7.78. The minimum Gasteiger partial charge on any atom is -0.444 e. The van der Waals surface area contributed by atoms with Gasteiger partial charge in [-0.1, -0.05) is 20.8 Å². The molecule has 3 rings (SSSR count). The van der Waals surface area contributed by atoms with E-state index >= 15 is 0 Å². The van der Waals surface area contributed by atoms with Gasteiger partial charge in [0.25, 0.3) is 0 Å². The molecule has 0 aromatic carbocycles. The quantitative estimate of drug-likeness (QED) is 0.897. The fourth-order valence-corrected chi connectivity index (χ4v) is 4.38. The van der Waals surface area contributed by atoms with E-state index in [9.17, 15) is 10.1 Å². The number of nitrogens with two attached hydrogens (primary N) is 1. The Morgan fingerprint density at radius 3 is 2.78 bits per heavy atom. The number of aryl methyl sites for hydroxylation is 1. The van der Waals surface area contributed by atoms with E-state index in [4.69, 9.17) is 10.5 Å². The molecule has 23 heavy (non-hydrogen) atoms. The summed E-state index contributed by atoms with van der Waals surface area (Å²) in [7, 11) is 0. The van der Waals surface area contributed by atoms with Crippen LogP contribution in [0.15, 0.2) is 34.9 Å². The minimum absolute atomic E-state index is 0.0629. The van der Waals surface area contributed by atoms with Gasteiger partial charge in [-0.05, 0) is 24.0 Å². The molecular formula is C18H20N2O2S. The Morgan fingerprint density at radius 2 is 2.17 bits per heavy atom. The van der Waals surface area contributed by atoms with Gasteiger partial charge in [-0.2, -0.15) is 5.26 Å². The van der Waals surface area contributed by atoms with Crippen molar-refractivity contribution in [3.8, 4) is 6.07 Å². The zero-order valence-electron chi connectivity index (χ0n) is 13.6. The Bertz CT molecular complexity index is 777. The number of nitrogens with zero attached hydrogens (tertiary/aromatic N) is 1. The molecule has 1 aromatic heterocycles. The number of hydrogen-bond donors (Lipinski definition) is 1. The van der Waals surface area contributed by atoms with Crippen LogP contribution in [0.1, 0.15) is 49.3 Å². The van der Waals surface area contributed by atoms with E-state index in [0.29, 0.717) is 29.7 Å². The SMILES string of the molecule is CCc1ccc(C2C(C#N)=C(N)OC3=C2C(=O)CC(C)(C)C3)s1. The molecule has 120 valence electrons. The Kier molecular flexibility index (Phi) is 3.81. The maximum atomic E-state index is 12.8. The van der Waals surface area contributed by atoms with E-state index in [2.05, 4.69) is 19.1 Å². The first kappa shape index (κ1) is 15.8. The Labute approximate surface area is 140 Å². The van der Waals surface area contributed by atoms with Crippen LogP contribution in [0.5, 0.6) is 0 Å². The van der Waals surface area contributed by atoms with Crippen molar-refractivity contribution in [3.63, 3.8) is 0 Å². The van der Waals surface area contributed by atoms with Crippen LogP contribution in [0.25, 0.3) is 0 Å². The summed E-state index contributed by atoms with van der Waals surface area (Å²) in [6.45, 7) is 6.19. The number of rotatable bonds is 2. The maximum Gasteiger partial charge on any atom is 0.205 e. The highest BCUT2D eigenvalue weighted by molar-refractivity contribution is 7.12. The van der Waals surface area contributed by atoms with Crippen LogP contribution < -0.4 is 5.73 Å². The van der Waals surface area contributed by atoms with Gasteiger partial charge in [0, 0.05) is 28.2 Å². The summed E-state index contributed by atoms with van der Waals surface area (Å²) in [5.41, 5.74) is 6.82. The van der Waals surface area contributed by atoms with Crippen molar-refractivity contribution in [3.05, 3.63) is 44.7 Å². The fourth-order valence-electron chi connectivity index (χ4n) is 3.31. The molecule has 5 heteroatoms. The molecule has 0 bridgehead atoms. The third-order valence-corrected chi connectivity index (χ3v) is 5.69. The third kappa shape index (κ3) is 2.68. The number of carbonyl (C=O) groups is 1. The number of ether oxygens (including phenoxy) is 1. The van der Waals surface area contributed by atoms with Crippen LogP contribution in [0, 0.1) is 16.7 Å². The van der Waals surface area contributed by atoms with Crippen molar-refractivity contribution in [1.82, 2.24) is 0 Å². The molecule has 1 atom stereocenters. The lowest BCUT2D eigenvalue weighted by atomic mass is 9.71. The molecule has 0 saturated heterocycles. The summed E-state index contributed by atoms with van der Waals surface area (Å²) in [5.74, 6) is 0.456. The third-order valence-electron chi connectivity index (χ3n) is 4.39. The highest BCUT2D eigenvalue weighted by Crippen LogP contribution is 2.48.